The first-order valence-corrected chi connectivity index (χ1v) is 9.90. The van der Waals surface area contributed by atoms with Crippen molar-refractivity contribution in [3.63, 3.8) is 0 Å². The molecule has 0 aliphatic heterocycles. The molecule has 3 rings (SSSR count). The van der Waals surface area contributed by atoms with Crippen LogP contribution in [0.4, 0.5) is 0 Å². The number of phenolic OH excluding ortho intramolecular Hbond substituents is 1. The number of phenols is 1. The summed E-state index contributed by atoms with van der Waals surface area (Å²) in [4.78, 5) is 40.9. The highest BCUT2D eigenvalue weighted by molar-refractivity contribution is 5.98. The number of carbonyl (C=O) groups excluding carboxylic acids is 3. The molecule has 4 atom stereocenters. The van der Waals surface area contributed by atoms with Gasteiger partial charge in [-0.25, -0.2) is 0 Å². The van der Waals surface area contributed by atoms with Crippen LogP contribution in [0.2, 0.25) is 0 Å². The van der Waals surface area contributed by atoms with Gasteiger partial charge in [0.2, 0.25) is 11.8 Å². The third-order valence-corrected chi connectivity index (χ3v) is 5.11. The molecular weight excluding hydrogens is 416 g/mol. The van der Waals surface area contributed by atoms with E-state index >= 15 is 0 Å². The topological polar surface area (TPSA) is 175 Å². The summed E-state index contributed by atoms with van der Waals surface area (Å²) in [6.45, 7) is 0. The number of carbonyl (C=O) groups is 3. The number of aromatic hydroxyl groups is 1. The fourth-order valence-electron chi connectivity index (χ4n) is 3.34. The molecule has 10 nitrogen and oxygen atoms in total. The second-order valence-electron chi connectivity index (χ2n) is 7.49. The number of rotatable bonds is 7. The van der Waals surface area contributed by atoms with Crippen molar-refractivity contribution in [2.75, 3.05) is 0 Å². The number of primary amides is 1. The monoisotopic (exact) mass is 440 g/mol. The van der Waals surface area contributed by atoms with E-state index in [1.165, 1.54) is 36.7 Å². The van der Waals surface area contributed by atoms with Crippen molar-refractivity contribution in [3.8, 4) is 5.75 Å². The number of pyridine rings is 1. The highest BCUT2D eigenvalue weighted by Crippen LogP contribution is 2.21. The van der Waals surface area contributed by atoms with Gasteiger partial charge in [-0.05, 0) is 29.8 Å². The normalized spacial score (nSPS) is 21.2. The van der Waals surface area contributed by atoms with Crippen molar-refractivity contribution >= 4 is 17.7 Å². The zero-order chi connectivity index (χ0) is 23.3. The Morgan fingerprint density at radius 2 is 1.84 bits per heavy atom. The van der Waals surface area contributed by atoms with Gasteiger partial charge in [-0.2, -0.15) is 0 Å². The largest absolute Gasteiger partial charge is 0.508 e. The number of aromatic nitrogens is 1. The Bertz CT molecular complexity index is 1010. The van der Waals surface area contributed by atoms with Gasteiger partial charge in [0.1, 0.15) is 17.9 Å². The first-order valence-electron chi connectivity index (χ1n) is 9.90. The van der Waals surface area contributed by atoms with Gasteiger partial charge in [0.15, 0.2) is 0 Å². The third kappa shape index (κ3) is 5.68. The fourth-order valence-corrected chi connectivity index (χ4v) is 3.34. The van der Waals surface area contributed by atoms with Gasteiger partial charge in [-0.15, -0.1) is 0 Å². The molecule has 0 spiro atoms. The molecule has 32 heavy (non-hydrogen) atoms. The van der Waals surface area contributed by atoms with Crippen molar-refractivity contribution < 1.29 is 29.7 Å². The molecule has 0 radical (unpaired) electrons. The Balaban J connectivity index is 1.72. The molecule has 0 unspecified atom stereocenters. The maximum atomic E-state index is 12.8. The molecule has 1 aliphatic rings. The first kappa shape index (κ1) is 22.9. The summed E-state index contributed by atoms with van der Waals surface area (Å²) in [5.41, 5.74) is 6.44. The molecule has 0 saturated carbocycles. The summed E-state index contributed by atoms with van der Waals surface area (Å²) in [6, 6.07) is 7.14. The molecule has 3 amide bonds. The van der Waals surface area contributed by atoms with Crippen molar-refractivity contribution in [1.29, 1.82) is 0 Å². The van der Waals surface area contributed by atoms with Gasteiger partial charge in [0, 0.05) is 30.8 Å². The summed E-state index contributed by atoms with van der Waals surface area (Å²) in [6.07, 6.45) is 1.50. The van der Waals surface area contributed by atoms with Gasteiger partial charge in [0.05, 0.1) is 17.7 Å². The van der Waals surface area contributed by atoms with E-state index in [2.05, 4.69) is 15.6 Å². The fraction of sp³-hybridized carbons (Fsp3) is 0.273. The molecular formula is C22H24N4O6. The van der Waals surface area contributed by atoms with Crippen LogP contribution in [0.5, 0.6) is 5.75 Å². The number of aliphatic hydroxyl groups is 2. The Kier molecular flexibility index (Phi) is 7.18. The highest BCUT2D eigenvalue weighted by Gasteiger charge is 2.34. The van der Waals surface area contributed by atoms with Gasteiger partial charge in [-0.1, -0.05) is 18.2 Å². The molecule has 168 valence electrons. The maximum absolute atomic E-state index is 12.8. The minimum Gasteiger partial charge on any atom is -0.508 e. The van der Waals surface area contributed by atoms with Crippen molar-refractivity contribution in [2.45, 2.75) is 37.1 Å². The SMILES string of the molecule is NC(=O)[C@H](Cc1ccc(O)cc1)NC(=O)C1=C[C@@H](NC(=O)c2cccnc2)[C@@H](O)[C@H](O)C1. The molecule has 0 saturated heterocycles. The Labute approximate surface area is 183 Å². The molecule has 1 heterocycles. The van der Waals surface area contributed by atoms with Crippen LogP contribution < -0.4 is 16.4 Å². The maximum Gasteiger partial charge on any atom is 0.253 e. The Morgan fingerprint density at radius 3 is 2.47 bits per heavy atom. The zero-order valence-electron chi connectivity index (χ0n) is 17.0. The molecule has 7 N–H and O–H groups in total. The molecule has 0 fully saturated rings. The number of benzene rings is 1. The third-order valence-electron chi connectivity index (χ3n) is 5.11. The number of aliphatic hydroxyl groups excluding tert-OH is 2. The quantitative estimate of drug-likeness (QED) is 0.325. The van der Waals surface area contributed by atoms with E-state index in [0.717, 1.165) is 0 Å². The van der Waals surface area contributed by atoms with Crippen LogP contribution >= 0.6 is 0 Å². The number of nitrogens with zero attached hydrogens (tertiary/aromatic N) is 1. The lowest BCUT2D eigenvalue weighted by Crippen LogP contribution is -2.52. The summed E-state index contributed by atoms with van der Waals surface area (Å²) < 4.78 is 0. The van der Waals surface area contributed by atoms with Gasteiger partial charge in [0.25, 0.3) is 5.91 Å². The first-order chi connectivity index (χ1) is 15.2. The van der Waals surface area contributed by atoms with Crippen molar-refractivity contribution in [1.82, 2.24) is 15.6 Å². The lowest BCUT2D eigenvalue weighted by Gasteiger charge is -2.31. The van der Waals surface area contributed by atoms with Crippen LogP contribution in [0.3, 0.4) is 0 Å². The molecule has 0 bridgehead atoms. The van der Waals surface area contributed by atoms with E-state index in [4.69, 9.17) is 5.73 Å². The summed E-state index contributed by atoms with van der Waals surface area (Å²) >= 11 is 0. The molecule has 1 aromatic carbocycles. The Hall–Kier alpha value is -3.76. The van der Waals surface area contributed by atoms with Gasteiger partial charge in [-0.3, -0.25) is 19.4 Å². The van der Waals surface area contributed by atoms with E-state index in [1.54, 1.807) is 18.2 Å². The van der Waals surface area contributed by atoms with Crippen molar-refractivity contribution in [2.24, 2.45) is 5.73 Å². The van der Waals surface area contributed by atoms with Crippen molar-refractivity contribution in [3.05, 3.63) is 71.6 Å². The number of nitrogens with two attached hydrogens (primary N) is 1. The second kappa shape index (κ2) is 10.0. The van der Waals surface area contributed by atoms with Gasteiger partial charge >= 0.3 is 0 Å². The summed E-state index contributed by atoms with van der Waals surface area (Å²) in [5.74, 6) is -1.88. The number of amides is 3. The average molecular weight is 440 g/mol. The second-order valence-corrected chi connectivity index (χ2v) is 7.49. The van der Waals surface area contributed by atoms with Gasteiger partial charge < -0.3 is 31.7 Å². The predicted molar refractivity (Wildman–Crippen MR) is 113 cm³/mol. The standard InChI is InChI=1S/C22H24N4O6/c23-20(30)17(8-12-3-5-15(27)6-4-12)26-22(32)14-9-16(19(29)18(28)10-14)25-21(31)13-2-1-7-24-11-13/h1-7,9,11,16-19,27-29H,8,10H2,(H2,23,30)(H,25,31)(H,26,32)/t16-,17+,18-,19-/m1/s1. The van der Waals surface area contributed by atoms with Crippen LogP contribution in [-0.2, 0) is 16.0 Å². The van der Waals surface area contributed by atoms with E-state index in [9.17, 15) is 29.7 Å². The smallest absolute Gasteiger partial charge is 0.253 e. The van der Waals surface area contributed by atoms with Crippen LogP contribution in [-0.4, -0.2) is 62.3 Å². The minimum atomic E-state index is -1.32. The number of hydrogen-bond donors (Lipinski definition) is 6. The number of hydrogen-bond acceptors (Lipinski definition) is 7. The zero-order valence-corrected chi connectivity index (χ0v) is 17.0. The molecule has 10 heteroatoms. The summed E-state index contributed by atoms with van der Waals surface area (Å²) in [5, 5.41) is 34.9. The summed E-state index contributed by atoms with van der Waals surface area (Å²) in [7, 11) is 0. The van der Waals surface area contributed by atoms with E-state index < -0.39 is 42.0 Å². The highest BCUT2D eigenvalue weighted by atomic mass is 16.3. The molecule has 1 aromatic heterocycles. The van der Waals surface area contributed by atoms with Crippen LogP contribution in [0.25, 0.3) is 0 Å². The van der Waals surface area contributed by atoms with E-state index in [-0.39, 0.29) is 29.7 Å². The Morgan fingerprint density at radius 1 is 1.12 bits per heavy atom. The van der Waals surface area contributed by atoms with Crippen LogP contribution in [0.15, 0.2) is 60.4 Å². The van der Waals surface area contributed by atoms with Crippen LogP contribution in [0.1, 0.15) is 22.3 Å². The molecule has 1 aliphatic carbocycles. The average Bonchev–Trinajstić information content (AvgIpc) is 2.78. The lowest BCUT2D eigenvalue weighted by molar-refractivity contribution is -0.125. The minimum absolute atomic E-state index is 0.0627. The number of nitrogens with one attached hydrogen (secondary N) is 2. The van der Waals surface area contributed by atoms with E-state index in [1.807, 2.05) is 0 Å². The van der Waals surface area contributed by atoms with Crippen LogP contribution in [0, 0.1) is 0 Å². The van der Waals surface area contributed by atoms with E-state index in [0.29, 0.717) is 5.56 Å². The molecule has 2 aromatic rings. The lowest BCUT2D eigenvalue weighted by atomic mass is 9.89. The predicted octanol–water partition coefficient (Wildman–Crippen LogP) is -0.850.